The lowest BCUT2D eigenvalue weighted by Crippen LogP contribution is -2.34. The zero-order chi connectivity index (χ0) is 23.3. The molecule has 0 spiro atoms. The first kappa shape index (κ1) is 23.0. The van der Waals surface area contributed by atoms with Gasteiger partial charge in [0.2, 0.25) is 0 Å². The van der Waals surface area contributed by atoms with E-state index in [0.717, 1.165) is 56.9 Å². The average Bonchev–Trinajstić information content (AvgIpc) is 2.87. The van der Waals surface area contributed by atoms with E-state index in [-0.39, 0.29) is 5.91 Å². The van der Waals surface area contributed by atoms with E-state index in [1.165, 1.54) is 32.8 Å². The van der Waals surface area contributed by atoms with Gasteiger partial charge in [-0.05, 0) is 54.7 Å². The van der Waals surface area contributed by atoms with Gasteiger partial charge in [0.1, 0.15) is 0 Å². The highest BCUT2D eigenvalue weighted by molar-refractivity contribution is 7.99. The molecule has 5 heteroatoms. The molecule has 34 heavy (non-hydrogen) atoms. The van der Waals surface area contributed by atoms with Gasteiger partial charge in [0.05, 0.1) is 5.69 Å². The largest absolute Gasteiger partial charge is 0.365 e. The Morgan fingerprint density at radius 1 is 1.00 bits per heavy atom. The maximum absolute atomic E-state index is 12.9. The first-order chi connectivity index (χ1) is 16.7. The zero-order valence-corrected chi connectivity index (χ0v) is 20.7. The van der Waals surface area contributed by atoms with Gasteiger partial charge in [-0.3, -0.25) is 9.69 Å². The van der Waals surface area contributed by atoms with Crippen LogP contribution in [0.1, 0.15) is 39.0 Å². The summed E-state index contributed by atoms with van der Waals surface area (Å²) in [4.78, 5) is 19.1. The van der Waals surface area contributed by atoms with Gasteiger partial charge >= 0.3 is 0 Å². The molecule has 2 heterocycles. The molecule has 3 aromatic rings. The third-order valence-electron chi connectivity index (χ3n) is 6.82. The molecular formula is C29H33N3OS. The van der Waals surface area contributed by atoms with Gasteiger partial charge in [-0.2, -0.15) is 0 Å². The van der Waals surface area contributed by atoms with Crippen molar-refractivity contribution in [2.75, 3.05) is 36.8 Å². The first-order valence-corrected chi connectivity index (χ1v) is 13.3. The summed E-state index contributed by atoms with van der Waals surface area (Å²) in [6.07, 6.45) is 2.09. The number of carbonyl (C=O) groups excluding carboxylic acids is 1. The van der Waals surface area contributed by atoms with Crippen molar-refractivity contribution in [1.82, 2.24) is 10.2 Å². The standard InChI is InChI=1S/C29H33N3OS/c1-22-7-9-23(10-8-22)20-32-17-18-34-28-12-11-25(19-27(28)32)29(33)30-14-4-15-31-16-13-24-5-2-3-6-26(24)21-31/h2-3,5-12,19H,4,13-18,20-21H2,1H3,(H,30,33). The normalized spacial score (nSPS) is 15.5. The summed E-state index contributed by atoms with van der Waals surface area (Å²) in [6.45, 7) is 7.82. The summed E-state index contributed by atoms with van der Waals surface area (Å²) >= 11 is 1.88. The van der Waals surface area contributed by atoms with Gasteiger partial charge in [-0.1, -0.05) is 54.1 Å². The molecule has 0 aromatic heterocycles. The predicted molar refractivity (Wildman–Crippen MR) is 142 cm³/mol. The van der Waals surface area contributed by atoms with Crippen molar-refractivity contribution in [3.05, 3.63) is 94.5 Å². The van der Waals surface area contributed by atoms with Crippen LogP contribution in [-0.2, 0) is 19.5 Å². The fraction of sp³-hybridized carbons (Fsp3) is 0.345. The van der Waals surface area contributed by atoms with Crippen LogP contribution in [-0.4, -0.2) is 42.7 Å². The van der Waals surface area contributed by atoms with E-state index in [4.69, 9.17) is 0 Å². The van der Waals surface area contributed by atoms with Gasteiger partial charge in [-0.25, -0.2) is 0 Å². The monoisotopic (exact) mass is 471 g/mol. The second-order valence-corrected chi connectivity index (χ2v) is 10.5. The summed E-state index contributed by atoms with van der Waals surface area (Å²) in [7, 11) is 0. The van der Waals surface area contributed by atoms with E-state index < -0.39 is 0 Å². The number of anilines is 1. The number of hydrogen-bond donors (Lipinski definition) is 1. The second-order valence-electron chi connectivity index (χ2n) is 9.34. The summed E-state index contributed by atoms with van der Waals surface area (Å²) in [5.41, 5.74) is 7.44. The summed E-state index contributed by atoms with van der Waals surface area (Å²) in [6, 6.07) is 23.6. The number of nitrogens with one attached hydrogen (secondary N) is 1. The van der Waals surface area contributed by atoms with E-state index >= 15 is 0 Å². The highest BCUT2D eigenvalue weighted by Crippen LogP contribution is 2.36. The van der Waals surface area contributed by atoms with Crippen LogP contribution in [0, 0.1) is 6.92 Å². The lowest BCUT2D eigenvalue weighted by atomic mass is 10.00. The van der Waals surface area contributed by atoms with Crippen LogP contribution in [0.2, 0.25) is 0 Å². The number of rotatable bonds is 7. The topological polar surface area (TPSA) is 35.6 Å². The lowest BCUT2D eigenvalue weighted by Gasteiger charge is -2.31. The van der Waals surface area contributed by atoms with Crippen LogP contribution in [0.3, 0.4) is 0 Å². The minimum absolute atomic E-state index is 0.0256. The van der Waals surface area contributed by atoms with Crippen LogP contribution in [0.15, 0.2) is 71.6 Å². The molecule has 0 saturated carbocycles. The van der Waals surface area contributed by atoms with Crippen LogP contribution in [0.4, 0.5) is 5.69 Å². The molecule has 0 atom stereocenters. The molecule has 0 fully saturated rings. The van der Waals surface area contributed by atoms with Gasteiger partial charge in [0.15, 0.2) is 0 Å². The Labute approximate surface area is 207 Å². The predicted octanol–water partition coefficient (Wildman–Crippen LogP) is 5.29. The van der Waals surface area contributed by atoms with Crippen LogP contribution >= 0.6 is 11.8 Å². The van der Waals surface area contributed by atoms with Crippen molar-refractivity contribution in [3.63, 3.8) is 0 Å². The number of thioether (sulfide) groups is 1. The fourth-order valence-corrected chi connectivity index (χ4v) is 5.88. The third-order valence-corrected chi connectivity index (χ3v) is 7.86. The molecular weight excluding hydrogens is 438 g/mol. The Bertz CT molecular complexity index is 1140. The van der Waals surface area contributed by atoms with Crippen LogP contribution < -0.4 is 10.2 Å². The molecule has 1 amide bonds. The Balaban J connectivity index is 1.15. The first-order valence-electron chi connectivity index (χ1n) is 12.3. The van der Waals surface area contributed by atoms with Gasteiger partial charge in [0.25, 0.3) is 5.91 Å². The molecule has 4 nitrogen and oxygen atoms in total. The molecule has 0 aliphatic carbocycles. The van der Waals surface area contributed by atoms with Crippen LogP contribution in [0.5, 0.6) is 0 Å². The number of carbonyl (C=O) groups is 1. The number of benzene rings is 3. The van der Waals surface area contributed by atoms with E-state index in [2.05, 4.69) is 82.7 Å². The van der Waals surface area contributed by atoms with Crippen molar-refractivity contribution in [2.24, 2.45) is 0 Å². The Morgan fingerprint density at radius 3 is 2.68 bits per heavy atom. The van der Waals surface area contributed by atoms with E-state index in [1.54, 1.807) is 0 Å². The maximum atomic E-state index is 12.9. The molecule has 0 saturated heterocycles. The summed E-state index contributed by atoms with van der Waals surface area (Å²) in [5.74, 6) is 1.10. The highest BCUT2D eigenvalue weighted by Gasteiger charge is 2.20. The number of amides is 1. The molecule has 2 aliphatic heterocycles. The quantitative estimate of drug-likeness (QED) is 0.475. The smallest absolute Gasteiger partial charge is 0.251 e. The average molecular weight is 472 g/mol. The molecule has 0 radical (unpaired) electrons. The Morgan fingerprint density at radius 2 is 1.82 bits per heavy atom. The zero-order valence-electron chi connectivity index (χ0n) is 19.9. The number of aryl methyl sites for hydroxylation is 1. The minimum atomic E-state index is 0.0256. The number of nitrogens with zero attached hydrogens (tertiary/aromatic N) is 2. The van der Waals surface area contributed by atoms with Crippen molar-refractivity contribution in [2.45, 2.75) is 37.8 Å². The van der Waals surface area contributed by atoms with Gasteiger partial charge in [0, 0.05) is 55.5 Å². The molecule has 5 rings (SSSR count). The second kappa shape index (κ2) is 10.7. The van der Waals surface area contributed by atoms with Crippen molar-refractivity contribution in [3.8, 4) is 0 Å². The molecule has 0 unspecified atom stereocenters. The Hall–Kier alpha value is -2.76. The van der Waals surface area contributed by atoms with E-state index in [9.17, 15) is 4.79 Å². The lowest BCUT2D eigenvalue weighted by molar-refractivity contribution is 0.0951. The SMILES string of the molecule is Cc1ccc(CN2CCSc3ccc(C(=O)NCCCN4CCc5ccccc5C4)cc32)cc1. The molecule has 0 bridgehead atoms. The number of fused-ring (bicyclic) bond motifs is 2. The Kier molecular flexibility index (Phi) is 7.21. The summed E-state index contributed by atoms with van der Waals surface area (Å²) < 4.78 is 0. The molecule has 3 aromatic carbocycles. The minimum Gasteiger partial charge on any atom is -0.365 e. The van der Waals surface area contributed by atoms with Crippen LogP contribution in [0.25, 0.3) is 0 Å². The molecule has 1 N–H and O–H groups in total. The fourth-order valence-electron chi connectivity index (χ4n) is 4.84. The third kappa shape index (κ3) is 5.48. The maximum Gasteiger partial charge on any atom is 0.251 e. The summed E-state index contributed by atoms with van der Waals surface area (Å²) in [5, 5.41) is 3.14. The number of hydrogen-bond acceptors (Lipinski definition) is 4. The van der Waals surface area contributed by atoms with E-state index in [1.807, 2.05) is 17.8 Å². The van der Waals surface area contributed by atoms with Crippen molar-refractivity contribution >= 4 is 23.4 Å². The van der Waals surface area contributed by atoms with Gasteiger partial charge in [-0.15, -0.1) is 11.8 Å². The molecule has 176 valence electrons. The van der Waals surface area contributed by atoms with Crippen molar-refractivity contribution in [1.29, 1.82) is 0 Å². The highest BCUT2D eigenvalue weighted by atomic mass is 32.2. The van der Waals surface area contributed by atoms with Crippen molar-refractivity contribution < 1.29 is 4.79 Å². The van der Waals surface area contributed by atoms with Gasteiger partial charge < -0.3 is 10.2 Å². The molecule has 2 aliphatic rings. The van der Waals surface area contributed by atoms with E-state index in [0.29, 0.717) is 6.54 Å².